The van der Waals surface area contributed by atoms with Gasteiger partial charge in [0, 0.05) is 19.7 Å². The molecule has 2 aliphatic rings. The molecule has 6 heteroatoms. The summed E-state index contributed by atoms with van der Waals surface area (Å²) < 4.78 is 5.71. The van der Waals surface area contributed by atoms with Gasteiger partial charge in [-0.15, -0.1) is 0 Å². The molecule has 2 fully saturated rings. The van der Waals surface area contributed by atoms with E-state index in [0.29, 0.717) is 17.7 Å². The second-order valence-electron chi connectivity index (χ2n) is 8.19. The average molecular weight is 358 g/mol. The summed E-state index contributed by atoms with van der Waals surface area (Å²) in [7, 11) is 0. The van der Waals surface area contributed by atoms with Crippen molar-refractivity contribution >= 4 is 17.6 Å². The molecule has 0 aromatic carbocycles. The second kappa shape index (κ2) is 8.16. The van der Waals surface area contributed by atoms with Crippen LogP contribution < -0.4 is 10.7 Å². The van der Waals surface area contributed by atoms with Gasteiger partial charge in [-0.2, -0.15) is 5.10 Å². The number of nitrogens with zero attached hydrogens (tertiary/aromatic N) is 4. The van der Waals surface area contributed by atoms with Crippen molar-refractivity contribution in [3.05, 3.63) is 23.5 Å². The van der Waals surface area contributed by atoms with Crippen molar-refractivity contribution in [2.24, 2.45) is 21.4 Å². The number of anilines is 1. The summed E-state index contributed by atoms with van der Waals surface area (Å²) in [6, 6.07) is 2.17. The lowest BCUT2D eigenvalue weighted by Crippen LogP contribution is -2.23. The van der Waals surface area contributed by atoms with E-state index in [9.17, 15) is 0 Å². The number of aliphatic imine (C=N–C) groups is 1. The molecule has 26 heavy (non-hydrogen) atoms. The molecule has 3 heterocycles. The molecule has 1 aromatic rings. The average Bonchev–Trinajstić information content (AvgIpc) is 3.00. The molecule has 2 N–H and O–H groups in total. The lowest BCUT2D eigenvalue weighted by atomic mass is 9.93. The second-order valence-corrected chi connectivity index (χ2v) is 8.19. The number of rotatable bonds is 5. The highest BCUT2D eigenvalue weighted by Gasteiger charge is 2.29. The normalized spacial score (nSPS) is 23.7. The summed E-state index contributed by atoms with van der Waals surface area (Å²) in [5.41, 5.74) is 4.01. The zero-order valence-corrected chi connectivity index (χ0v) is 16.2. The van der Waals surface area contributed by atoms with Crippen LogP contribution in [0.3, 0.4) is 0 Å². The predicted molar refractivity (Wildman–Crippen MR) is 107 cm³/mol. The molecule has 0 saturated carbocycles. The summed E-state index contributed by atoms with van der Waals surface area (Å²) in [6.07, 6.45) is 8.52. The predicted octanol–water partition coefficient (Wildman–Crippen LogP) is 2.93. The van der Waals surface area contributed by atoms with Crippen LogP contribution >= 0.6 is 0 Å². The third-order valence-electron chi connectivity index (χ3n) is 5.28. The van der Waals surface area contributed by atoms with Gasteiger partial charge in [0.25, 0.3) is 0 Å². The molecular formula is C20H31N5O. The first-order chi connectivity index (χ1) is 12.5. The van der Waals surface area contributed by atoms with Crippen LogP contribution in [-0.2, 0) is 4.74 Å². The first-order valence-electron chi connectivity index (χ1n) is 9.60. The van der Waals surface area contributed by atoms with Gasteiger partial charge < -0.3 is 15.5 Å². The van der Waals surface area contributed by atoms with Gasteiger partial charge in [0.15, 0.2) is 0 Å². The van der Waals surface area contributed by atoms with Crippen LogP contribution in [0.1, 0.15) is 50.8 Å². The number of aromatic nitrogens is 1. The Morgan fingerprint density at radius 1 is 1.46 bits per heavy atom. The fourth-order valence-electron chi connectivity index (χ4n) is 3.70. The van der Waals surface area contributed by atoms with Crippen molar-refractivity contribution in [3.8, 4) is 0 Å². The zero-order chi connectivity index (χ0) is 18.6. The Kier molecular flexibility index (Phi) is 5.91. The van der Waals surface area contributed by atoms with Crippen molar-refractivity contribution in [2.75, 3.05) is 31.1 Å². The first kappa shape index (κ1) is 18.8. The topological polar surface area (TPSA) is 76.1 Å². The molecule has 0 bridgehead atoms. The lowest BCUT2D eigenvalue weighted by molar-refractivity contribution is 0.0226. The van der Waals surface area contributed by atoms with E-state index in [1.165, 1.54) is 18.5 Å². The van der Waals surface area contributed by atoms with E-state index in [0.717, 1.165) is 43.8 Å². The largest absolute Gasteiger partial charge is 0.376 e. The van der Waals surface area contributed by atoms with Crippen molar-refractivity contribution in [1.82, 2.24) is 4.98 Å². The Hall–Kier alpha value is -1.95. The van der Waals surface area contributed by atoms with Gasteiger partial charge in [0.05, 0.1) is 36.4 Å². The molecule has 6 nitrogen and oxygen atoms in total. The molecular weight excluding hydrogens is 326 g/mol. The first-order valence-corrected chi connectivity index (χ1v) is 9.60. The van der Waals surface area contributed by atoms with Crippen LogP contribution in [0.25, 0.3) is 0 Å². The number of pyridine rings is 1. The monoisotopic (exact) mass is 357 g/mol. The smallest absolute Gasteiger partial charge is 0.126 e. The molecule has 3 rings (SSSR count). The highest BCUT2D eigenvalue weighted by atomic mass is 16.5. The summed E-state index contributed by atoms with van der Waals surface area (Å²) in [5.74, 6) is 5.60. The SMILES string of the molecule is Cc1cc(N2CCC(C)(C)C2)cnc1/C(C=NCC1CCCCO1)=N/N. The lowest BCUT2D eigenvalue weighted by Gasteiger charge is -2.22. The molecule has 0 aliphatic carbocycles. The van der Waals surface area contributed by atoms with Crippen LogP contribution in [0.5, 0.6) is 0 Å². The Balaban J connectivity index is 1.67. The fourth-order valence-corrected chi connectivity index (χ4v) is 3.70. The Morgan fingerprint density at radius 2 is 2.31 bits per heavy atom. The summed E-state index contributed by atoms with van der Waals surface area (Å²) >= 11 is 0. The van der Waals surface area contributed by atoms with E-state index in [1.807, 2.05) is 6.20 Å². The summed E-state index contributed by atoms with van der Waals surface area (Å²) in [5, 5.41) is 3.90. The van der Waals surface area contributed by atoms with Gasteiger partial charge in [-0.1, -0.05) is 13.8 Å². The number of hydrogen-bond acceptors (Lipinski definition) is 6. The van der Waals surface area contributed by atoms with E-state index >= 15 is 0 Å². The van der Waals surface area contributed by atoms with Crippen molar-refractivity contribution in [3.63, 3.8) is 0 Å². The standard InChI is InChI=1S/C20H31N5O/c1-15-10-16(25-8-7-20(2,3)14-25)11-23-19(15)18(24-21)13-22-12-17-6-4-5-9-26-17/h10-11,13,17H,4-9,12,14,21H2,1-3H3/b22-13?,24-18+. The van der Waals surface area contributed by atoms with E-state index in [4.69, 9.17) is 10.6 Å². The van der Waals surface area contributed by atoms with Crippen LogP contribution in [0.2, 0.25) is 0 Å². The highest BCUT2D eigenvalue weighted by Crippen LogP contribution is 2.32. The minimum atomic E-state index is 0.217. The van der Waals surface area contributed by atoms with Crippen molar-refractivity contribution < 1.29 is 4.74 Å². The van der Waals surface area contributed by atoms with Gasteiger partial charge >= 0.3 is 0 Å². The Bertz CT molecular complexity index is 677. The molecule has 2 aliphatic heterocycles. The van der Waals surface area contributed by atoms with Crippen LogP contribution in [-0.4, -0.2) is 49.3 Å². The molecule has 0 amide bonds. The zero-order valence-electron chi connectivity index (χ0n) is 16.2. The highest BCUT2D eigenvalue weighted by molar-refractivity contribution is 6.37. The van der Waals surface area contributed by atoms with Crippen molar-refractivity contribution in [1.29, 1.82) is 0 Å². The van der Waals surface area contributed by atoms with E-state index in [2.05, 4.69) is 46.8 Å². The van der Waals surface area contributed by atoms with Gasteiger partial charge in [-0.3, -0.25) is 9.98 Å². The maximum Gasteiger partial charge on any atom is 0.126 e. The van der Waals surface area contributed by atoms with Gasteiger partial charge in [-0.25, -0.2) is 0 Å². The Morgan fingerprint density at radius 3 is 2.92 bits per heavy atom. The summed E-state index contributed by atoms with van der Waals surface area (Å²) in [4.78, 5) is 11.5. The molecule has 1 aromatic heterocycles. The van der Waals surface area contributed by atoms with Crippen LogP contribution in [0.15, 0.2) is 22.4 Å². The van der Waals surface area contributed by atoms with Gasteiger partial charge in [0.2, 0.25) is 0 Å². The number of ether oxygens (including phenoxy) is 1. The third kappa shape index (κ3) is 4.61. The number of nitrogens with two attached hydrogens (primary N) is 1. The number of hydrazone groups is 1. The molecule has 1 atom stereocenters. The quantitative estimate of drug-likeness (QED) is 0.499. The maximum atomic E-state index is 5.71. The van der Waals surface area contributed by atoms with Crippen LogP contribution in [0.4, 0.5) is 5.69 Å². The molecule has 1 unspecified atom stereocenters. The minimum absolute atomic E-state index is 0.217. The maximum absolute atomic E-state index is 5.71. The molecule has 2 saturated heterocycles. The van der Waals surface area contributed by atoms with Gasteiger partial charge in [-0.05, 0) is 49.7 Å². The van der Waals surface area contributed by atoms with Crippen LogP contribution in [0, 0.1) is 12.3 Å². The summed E-state index contributed by atoms with van der Waals surface area (Å²) in [6.45, 7) is 10.3. The van der Waals surface area contributed by atoms with E-state index in [-0.39, 0.29) is 6.10 Å². The Labute approximate surface area is 156 Å². The van der Waals surface area contributed by atoms with E-state index in [1.54, 1.807) is 6.21 Å². The number of hydrogen-bond donors (Lipinski definition) is 1. The molecule has 142 valence electrons. The number of aryl methyl sites for hydroxylation is 1. The molecule has 0 spiro atoms. The minimum Gasteiger partial charge on any atom is -0.376 e. The fraction of sp³-hybridized carbons (Fsp3) is 0.650. The third-order valence-corrected chi connectivity index (χ3v) is 5.28. The molecule has 0 radical (unpaired) electrons. The van der Waals surface area contributed by atoms with E-state index < -0.39 is 0 Å². The van der Waals surface area contributed by atoms with Crippen molar-refractivity contribution in [2.45, 2.75) is 52.6 Å². The van der Waals surface area contributed by atoms with Gasteiger partial charge in [0.1, 0.15) is 5.71 Å².